The van der Waals surface area contributed by atoms with Crippen molar-refractivity contribution in [2.45, 2.75) is 6.04 Å². The maximum Gasteiger partial charge on any atom is 0.255 e. The number of hydrogen-bond donors (Lipinski definition) is 2. The van der Waals surface area contributed by atoms with Crippen LogP contribution in [0.25, 0.3) is 0 Å². The maximum atomic E-state index is 12.4. The van der Waals surface area contributed by atoms with Crippen molar-refractivity contribution in [3.05, 3.63) is 53.3 Å². The number of nitrogens with one attached hydrogen (secondary N) is 1. The number of nitriles is 1. The molecule has 0 aliphatic heterocycles. The molecule has 0 radical (unpaired) electrons. The minimum Gasteiger partial charge on any atom is -0.497 e. The molecule has 0 bridgehead atoms. The summed E-state index contributed by atoms with van der Waals surface area (Å²) in [6.07, 6.45) is 1.49. The molecule has 0 fully saturated rings. The molecule has 1 amide bonds. The molecule has 2 rings (SSSR count). The number of likely N-dealkylation sites (N-methyl/N-ethyl adjacent to an activating group) is 1. The highest BCUT2D eigenvalue weighted by molar-refractivity contribution is 5.94. The van der Waals surface area contributed by atoms with Gasteiger partial charge in [-0.05, 0) is 23.8 Å². The molecule has 0 aliphatic rings. The smallest absolute Gasteiger partial charge is 0.255 e. The number of rotatable bonds is 5. The highest BCUT2D eigenvalue weighted by Crippen LogP contribution is 2.23. The first-order valence-electron chi connectivity index (χ1n) is 6.71. The molecule has 1 atom stereocenters. The summed E-state index contributed by atoms with van der Waals surface area (Å²) in [4.78, 5) is 16.6. The monoisotopic (exact) mass is 299 g/mol. The molecule has 1 aromatic heterocycles. The Morgan fingerprint density at radius 1 is 1.45 bits per heavy atom. The predicted molar refractivity (Wildman–Crippen MR) is 80.4 cm³/mol. The number of aliphatic hydroxyl groups excluding tert-OH is 1. The number of amides is 1. The molecular weight excluding hydrogens is 282 g/mol. The standard InChI is InChI=1S/C16H17N3O3/c1-19(16(21)12-7-13(8-17)18-9-12)15(10-20)11-3-5-14(22-2)6-4-11/h3-7,9,15,18,20H,10H2,1-2H3. The Morgan fingerprint density at radius 2 is 2.14 bits per heavy atom. The van der Waals surface area contributed by atoms with Crippen molar-refractivity contribution in [2.75, 3.05) is 20.8 Å². The Kier molecular flexibility index (Phi) is 4.81. The van der Waals surface area contributed by atoms with Crippen LogP contribution in [0.3, 0.4) is 0 Å². The van der Waals surface area contributed by atoms with Crippen LogP contribution in [0.1, 0.15) is 27.7 Å². The molecule has 0 aliphatic carbocycles. The Bertz CT molecular complexity index is 685. The highest BCUT2D eigenvalue weighted by Gasteiger charge is 2.23. The second-order valence-electron chi connectivity index (χ2n) is 4.80. The Morgan fingerprint density at radius 3 is 2.64 bits per heavy atom. The van der Waals surface area contributed by atoms with Gasteiger partial charge in [0.25, 0.3) is 5.91 Å². The molecule has 0 saturated carbocycles. The lowest BCUT2D eigenvalue weighted by atomic mass is 10.1. The zero-order valence-corrected chi connectivity index (χ0v) is 12.4. The summed E-state index contributed by atoms with van der Waals surface area (Å²) >= 11 is 0. The average Bonchev–Trinajstić information content (AvgIpc) is 3.04. The molecule has 6 nitrogen and oxygen atoms in total. The quantitative estimate of drug-likeness (QED) is 0.879. The lowest BCUT2D eigenvalue weighted by Crippen LogP contribution is -2.33. The molecule has 0 spiro atoms. The van der Waals surface area contributed by atoms with E-state index in [-0.39, 0.29) is 12.5 Å². The van der Waals surface area contributed by atoms with Gasteiger partial charge in [0, 0.05) is 13.2 Å². The summed E-state index contributed by atoms with van der Waals surface area (Å²) in [7, 11) is 3.19. The van der Waals surface area contributed by atoms with Crippen molar-refractivity contribution < 1.29 is 14.6 Å². The first-order valence-corrected chi connectivity index (χ1v) is 6.71. The van der Waals surface area contributed by atoms with Crippen LogP contribution in [-0.2, 0) is 0 Å². The fraction of sp³-hybridized carbons (Fsp3) is 0.250. The van der Waals surface area contributed by atoms with E-state index in [1.165, 1.54) is 17.2 Å². The van der Waals surface area contributed by atoms with Gasteiger partial charge in [-0.3, -0.25) is 4.79 Å². The van der Waals surface area contributed by atoms with Crippen molar-refractivity contribution in [3.63, 3.8) is 0 Å². The van der Waals surface area contributed by atoms with Crippen molar-refractivity contribution in [2.24, 2.45) is 0 Å². The zero-order chi connectivity index (χ0) is 16.1. The number of aromatic amines is 1. The summed E-state index contributed by atoms with van der Waals surface area (Å²) in [5, 5.41) is 18.4. The van der Waals surface area contributed by atoms with Gasteiger partial charge in [-0.2, -0.15) is 5.26 Å². The van der Waals surface area contributed by atoms with Gasteiger partial charge < -0.3 is 19.7 Å². The second-order valence-corrected chi connectivity index (χ2v) is 4.80. The van der Waals surface area contributed by atoms with Gasteiger partial charge in [0.2, 0.25) is 0 Å². The number of nitrogens with zero attached hydrogens (tertiary/aromatic N) is 2. The molecule has 22 heavy (non-hydrogen) atoms. The highest BCUT2D eigenvalue weighted by atomic mass is 16.5. The van der Waals surface area contributed by atoms with Gasteiger partial charge in [0.1, 0.15) is 17.5 Å². The first kappa shape index (κ1) is 15.6. The second kappa shape index (κ2) is 6.78. The number of benzene rings is 1. The molecule has 0 saturated heterocycles. The van der Waals surface area contributed by atoms with Crippen LogP contribution in [0.2, 0.25) is 0 Å². The lowest BCUT2D eigenvalue weighted by molar-refractivity contribution is 0.0658. The van der Waals surface area contributed by atoms with Crippen LogP contribution in [0.15, 0.2) is 36.5 Å². The number of hydrogen-bond acceptors (Lipinski definition) is 4. The van der Waals surface area contributed by atoms with Crippen LogP contribution in [0.4, 0.5) is 0 Å². The topological polar surface area (TPSA) is 89.3 Å². The molecule has 1 heterocycles. The van der Waals surface area contributed by atoms with E-state index in [9.17, 15) is 9.90 Å². The number of H-pyrrole nitrogens is 1. The number of aliphatic hydroxyl groups is 1. The van der Waals surface area contributed by atoms with Gasteiger partial charge in [-0.15, -0.1) is 0 Å². The lowest BCUT2D eigenvalue weighted by Gasteiger charge is -2.27. The van der Waals surface area contributed by atoms with E-state index in [4.69, 9.17) is 10.00 Å². The number of carbonyl (C=O) groups excluding carboxylic acids is 1. The van der Waals surface area contributed by atoms with E-state index >= 15 is 0 Å². The number of carbonyl (C=O) groups is 1. The van der Waals surface area contributed by atoms with Gasteiger partial charge in [0.05, 0.1) is 25.3 Å². The molecule has 1 unspecified atom stereocenters. The van der Waals surface area contributed by atoms with E-state index in [0.29, 0.717) is 17.0 Å². The number of ether oxygens (including phenoxy) is 1. The zero-order valence-electron chi connectivity index (χ0n) is 12.4. The van der Waals surface area contributed by atoms with Crippen LogP contribution in [-0.4, -0.2) is 41.7 Å². The molecule has 6 heteroatoms. The minimum absolute atomic E-state index is 0.204. The van der Waals surface area contributed by atoms with Crippen LogP contribution in [0, 0.1) is 11.3 Å². The van der Waals surface area contributed by atoms with E-state index in [1.54, 1.807) is 38.4 Å². The summed E-state index contributed by atoms with van der Waals surface area (Å²) in [5.41, 5.74) is 1.50. The molecule has 1 aromatic carbocycles. The summed E-state index contributed by atoms with van der Waals surface area (Å²) in [6, 6.07) is 10.1. The van der Waals surface area contributed by atoms with E-state index in [1.807, 2.05) is 6.07 Å². The van der Waals surface area contributed by atoms with Gasteiger partial charge in [-0.25, -0.2) is 0 Å². The van der Waals surface area contributed by atoms with Crippen molar-refractivity contribution in [1.29, 1.82) is 5.26 Å². The predicted octanol–water partition coefficient (Wildman–Crippen LogP) is 1.70. The van der Waals surface area contributed by atoms with Crippen molar-refractivity contribution in [1.82, 2.24) is 9.88 Å². The third kappa shape index (κ3) is 3.10. The summed E-state index contributed by atoms with van der Waals surface area (Å²) in [6.45, 7) is -0.204. The largest absolute Gasteiger partial charge is 0.497 e. The van der Waals surface area contributed by atoms with Crippen molar-refractivity contribution >= 4 is 5.91 Å². The van der Waals surface area contributed by atoms with E-state index < -0.39 is 6.04 Å². The Labute approximate surface area is 128 Å². The van der Waals surface area contributed by atoms with Crippen LogP contribution >= 0.6 is 0 Å². The van der Waals surface area contributed by atoms with Gasteiger partial charge in [-0.1, -0.05) is 12.1 Å². The molecular formula is C16H17N3O3. The minimum atomic E-state index is -0.473. The maximum absolute atomic E-state index is 12.4. The Hall–Kier alpha value is -2.78. The number of methoxy groups -OCH3 is 1. The average molecular weight is 299 g/mol. The van der Waals surface area contributed by atoms with Gasteiger partial charge in [0.15, 0.2) is 0 Å². The van der Waals surface area contributed by atoms with Gasteiger partial charge >= 0.3 is 0 Å². The summed E-state index contributed by atoms with van der Waals surface area (Å²) in [5.74, 6) is 0.436. The normalized spacial score (nSPS) is 11.5. The Balaban J connectivity index is 2.21. The third-order valence-corrected chi connectivity index (χ3v) is 3.51. The third-order valence-electron chi connectivity index (χ3n) is 3.51. The van der Waals surface area contributed by atoms with Crippen LogP contribution < -0.4 is 4.74 Å². The van der Waals surface area contributed by atoms with Crippen LogP contribution in [0.5, 0.6) is 5.75 Å². The van der Waals surface area contributed by atoms with E-state index in [0.717, 1.165) is 5.56 Å². The SMILES string of the molecule is COc1ccc(C(CO)N(C)C(=O)c2c[nH]c(C#N)c2)cc1. The van der Waals surface area contributed by atoms with Crippen molar-refractivity contribution in [3.8, 4) is 11.8 Å². The molecule has 2 aromatic rings. The van der Waals surface area contributed by atoms with E-state index in [2.05, 4.69) is 4.98 Å². The number of aromatic nitrogens is 1. The fourth-order valence-electron chi connectivity index (χ4n) is 2.21. The molecule has 2 N–H and O–H groups in total. The first-order chi connectivity index (χ1) is 10.6. The fourth-order valence-corrected chi connectivity index (χ4v) is 2.21. The summed E-state index contributed by atoms with van der Waals surface area (Å²) < 4.78 is 5.10. The molecule has 114 valence electrons.